The Labute approximate surface area is 295 Å². The summed E-state index contributed by atoms with van der Waals surface area (Å²) in [5.74, 6) is 0. The van der Waals surface area contributed by atoms with E-state index in [9.17, 15) is 0 Å². The van der Waals surface area contributed by atoms with Gasteiger partial charge >= 0.3 is 0 Å². The van der Waals surface area contributed by atoms with E-state index in [1.807, 2.05) is 24.3 Å². The van der Waals surface area contributed by atoms with E-state index in [1.165, 1.54) is 11.1 Å². The Morgan fingerprint density at radius 2 is 0.745 bits per heavy atom. The molecule has 2 aromatic heterocycles. The average Bonchev–Trinajstić information content (AvgIpc) is 3.78. The zero-order valence-electron chi connectivity index (χ0n) is 27.7. The first kappa shape index (κ1) is 29.1. The number of hydrogen-bond acceptors (Lipinski definition) is 3. The Morgan fingerprint density at radius 1 is 0.294 bits per heavy atom. The Morgan fingerprint density at radius 3 is 1.29 bits per heavy atom. The van der Waals surface area contributed by atoms with Crippen molar-refractivity contribution in [3.63, 3.8) is 0 Å². The Balaban J connectivity index is 1.08. The second-order valence-electron chi connectivity index (χ2n) is 12.9. The first-order valence-corrected chi connectivity index (χ1v) is 17.3. The lowest BCUT2D eigenvalue weighted by Crippen LogP contribution is -2.10. The fourth-order valence-electron chi connectivity index (χ4n) is 7.43. The average molecular weight is 654 g/mol. The summed E-state index contributed by atoms with van der Waals surface area (Å²) >= 11 is 0. The Hall–Kier alpha value is -6.84. The first-order chi connectivity index (χ1) is 25.3. The van der Waals surface area contributed by atoms with Crippen molar-refractivity contribution in [1.82, 2.24) is 0 Å². The van der Waals surface area contributed by atoms with Gasteiger partial charge in [0.25, 0.3) is 0 Å². The molecular weight excluding hydrogens is 623 g/mol. The fourth-order valence-corrected chi connectivity index (χ4v) is 7.43. The van der Waals surface area contributed by atoms with Crippen LogP contribution >= 0.6 is 0 Å². The molecule has 0 aliphatic heterocycles. The summed E-state index contributed by atoms with van der Waals surface area (Å²) in [7, 11) is 0. The summed E-state index contributed by atoms with van der Waals surface area (Å²) < 4.78 is 12.8. The van der Waals surface area contributed by atoms with Crippen LogP contribution in [-0.2, 0) is 0 Å². The maximum absolute atomic E-state index is 6.38. The third kappa shape index (κ3) is 4.98. The molecule has 0 amide bonds. The molecule has 10 aromatic rings. The number of furan rings is 2. The molecule has 0 unspecified atom stereocenters. The van der Waals surface area contributed by atoms with E-state index in [0.29, 0.717) is 0 Å². The van der Waals surface area contributed by atoms with Crippen molar-refractivity contribution in [1.29, 1.82) is 0 Å². The molecule has 0 saturated carbocycles. The minimum Gasteiger partial charge on any atom is -0.455 e. The number of fused-ring (bicyclic) bond motifs is 6. The van der Waals surface area contributed by atoms with E-state index in [1.54, 1.807) is 0 Å². The number of benzene rings is 8. The van der Waals surface area contributed by atoms with E-state index in [0.717, 1.165) is 83.2 Å². The topological polar surface area (TPSA) is 29.5 Å². The summed E-state index contributed by atoms with van der Waals surface area (Å²) in [6.07, 6.45) is 0. The molecule has 8 aromatic carbocycles. The molecule has 0 aliphatic carbocycles. The summed E-state index contributed by atoms with van der Waals surface area (Å²) in [6, 6.07) is 66.2. The highest BCUT2D eigenvalue weighted by molar-refractivity contribution is 6.10. The second-order valence-corrected chi connectivity index (χ2v) is 12.9. The van der Waals surface area contributed by atoms with Gasteiger partial charge in [0.05, 0.1) is 0 Å². The zero-order valence-corrected chi connectivity index (χ0v) is 27.7. The lowest BCUT2D eigenvalue weighted by molar-refractivity contribution is 0.669. The van der Waals surface area contributed by atoms with Crippen molar-refractivity contribution in [3.8, 4) is 33.4 Å². The summed E-state index contributed by atoms with van der Waals surface area (Å²) in [6.45, 7) is 0. The maximum Gasteiger partial charge on any atom is 0.143 e. The van der Waals surface area contributed by atoms with Crippen molar-refractivity contribution in [3.05, 3.63) is 188 Å². The minimum atomic E-state index is 0.904. The van der Waals surface area contributed by atoms with Gasteiger partial charge in [0, 0.05) is 49.7 Å². The van der Waals surface area contributed by atoms with Crippen LogP contribution in [0.3, 0.4) is 0 Å². The molecule has 0 atom stereocenters. The van der Waals surface area contributed by atoms with Gasteiger partial charge in [0.15, 0.2) is 0 Å². The van der Waals surface area contributed by atoms with Crippen LogP contribution < -0.4 is 4.90 Å². The van der Waals surface area contributed by atoms with Crippen LogP contribution in [0.4, 0.5) is 17.1 Å². The van der Waals surface area contributed by atoms with Crippen LogP contribution in [0.5, 0.6) is 0 Å². The van der Waals surface area contributed by atoms with Crippen molar-refractivity contribution < 1.29 is 8.83 Å². The molecule has 0 radical (unpaired) electrons. The summed E-state index contributed by atoms with van der Waals surface area (Å²) in [4.78, 5) is 2.32. The molecule has 0 fully saturated rings. The van der Waals surface area contributed by atoms with Crippen molar-refractivity contribution in [2.45, 2.75) is 0 Å². The highest BCUT2D eigenvalue weighted by atomic mass is 16.3. The van der Waals surface area contributed by atoms with Gasteiger partial charge in [-0.1, -0.05) is 140 Å². The first-order valence-electron chi connectivity index (χ1n) is 17.3. The molecule has 0 spiro atoms. The van der Waals surface area contributed by atoms with Gasteiger partial charge in [-0.3, -0.25) is 0 Å². The smallest absolute Gasteiger partial charge is 0.143 e. The quantitative estimate of drug-likeness (QED) is 0.179. The van der Waals surface area contributed by atoms with E-state index in [4.69, 9.17) is 8.83 Å². The normalized spacial score (nSPS) is 11.5. The molecular formula is C48H31NO2. The maximum atomic E-state index is 6.38. The SMILES string of the molecule is c1ccc(-c2cccc(N(c3ccc(-c4cccc5c4oc4ccccc45)cc3)c3ccc(-c4cccc5c4oc4ccccc45)cc3)c2)cc1. The molecule has 51 heavy (non-hydrogen) atoms. The zero-order chi connectivity index (χ0) is 33.7. The van der Waals surface area contributed by atoms with Crippen LogP contribution in [0.15, 0.2) is 197 Å². The number of hydrogen-bond donors (Lipinski definition) is 0. The van der Waals surface area contributed by atoms with Gasteiger partial charge in [-0.2, -0.15) is 0 Å². The highest BCUT2D eigenvalue weighted by Crippen LogP contribution is 2.41. The Bertz CT molecular complexity index is 2690. The standard InChI is InChI=1S/C48H31NO2/c1-2-11-32(12-3-1)35-13-8-14-38(31-35)49(36-27-23-33(24-28-36)39-17-9-19-43-41-15-4-6-21-45(41)50-47(39)43)37-29-25-34(26-30-37)40-18-10-20-44-42-16-5-7-22-46(42)51-48(40)44/h1-31H. The van der Waals surface area contributed by atoms with Crippen molar-refractivity contribution >= 4 is 60.9 Å². The predicted octanol–water partition coefficient (Wildman–Crippen LogP) is 14.0. The van der Waals surface area contributed by atoms with Crippen LogP contribution in [0, 0.1) is 0 Å². The number of anilines is 3. The largest absolute Gasteiger partial charge is 0.455 e. The van der Waals surface area contributed by atoms with Gasteiger partial charge < -0.3 is 13.7 Å². The van der Waals surface area contributed by atoms with Crippen molar-refractivity contribution in [2.24, 2.45) is 0 Å². The molecule has 0 aliphatic rings. The molecule has 3 nitrogen and oxygen atoms in total. The second kappa shape index (κ2) is 11.9. The number of rotatable bonds is 6. The highest BCUT2D eigenvalue weighted by Gasteiger charge is 2.17. The monoisotopic (exact) mass is 653 g/mol. The summed E-state index contributed by atoms with van der Waals surface area (Å²) in [5, 5.41) is 4.53. The minimum absolute atomic E-state index is 0.904. The van der Waals surface area contributed by atoms with Gasteiger partial charge in [0.1, 0.15) is 22.3 Å². The van der Waals surface area contributed by atoms with Crippen LogP contribution in [0.25, 0.3) is 77.3 Å². The lowest BCUT2D eigenvalue weighted by atomic mass is 10.0. The van der Waals surface area contributed by atoms with Crippen molar-refractivity contribution in [2.75, 3.05) is 4.90 Å². The molecule has 0 bridgehead atoms. The number of nitrogens with zero attached hydrogens (tertiary/aromatic N) is 1. The van der Waals surface area contributed by atoms with Crippen LogP contribution in [-0.4, -0.2) is 0 Å². The van der Waals surface area contributed by atoms with Gasteiger partial charge in [0.2, 0.25) is 0 Å². The molecule has 240 valence electrons. The Kier molecular flexibility index (Phi) is 6.81. The lowest BCUT2D eigenvalue weighted by Gasteiger charge is -2.26. The van der Waals surface area contributed by atoms with Gasteiger partial charge in [-0.15, -0.1) is 0 Å². The van der Waals surface area contributed by atoms with E-state index in [-0.39, 0.29) is 0 Å². The predicted molar refractivity (Wildman–Crippen MR) is 212 cm³/mol. The van der Waals surface area contributed by atoms with Crippen LogP contribution in [0.2, 0.25) is 0 Å². The molecule has 3 heteroatoms. The van der Waals surface area contributed by atoms with Gasteiger partial charge in [-0.05, 0) is 70.8 Å². The third-order valence-electron chi connectivity index (χ3n) is 9.89. The van der Waals surface area contributed by atoms with Crippen LogP contribution in [0.1, 0.15) is 0 Å². The number of para-hydroxylation sites is 4. The van der Waals surface area contributed by atoms with E-state index >= 15 is 0 Å². The molecule has 0 N–H and O–H groups in total. The molecule has 10 rings (SSSR count). The van der Waals surface area contributed by atoms with Gasteiger partial charge in [-0.25, -0.2) is 0 Å². The molecule has 2 heterocycles. The summed E-state index contributed by atoms with van der Waals surface area (Å²) in [5.41, 5.74) is 13.6. The fraction of sp³-hybridized carbons (Fsp3) is 0. The molecule has 0 saturated heterocycles. The van der Waals surface area contributed by atoms with E-state index in [2.05, 4.69) is 169 Å². The third-order valence-corrected chi connectivity index (χ3v) is 9.89. The van der Waals surface area contributed by atoms with E-state index < -0.39 is 0 Å².